The molecule has 2 rings (SSSR count). The molecule has 1 unspecified atom stereocenters. The van der Waals surface area contributed by atoms with Crippen molar-refractivity contribution in [1.82, 2.24) is 15.6 Å². The molecule has 0 radical (unpaired) electrons. The number of carbonyl (C=O) groups excluding carboxylic acids is 2. The van der Waals surface area contributed by atoms with Crippen LogP contribution in [0.5, 0.6) is 0 Å². The van der Waals surface area contributed by atoms with Gasteiger partial charge in [-0.05, 0) is 49.6 Å². The Bertz CT molecular complexity index is 732. The van der Waals surface area contributed by atoms with Gasteiger partial charge >= 0.3 is 0 Å². The normalized spacial score (nSPS) is 11.6. The van der Waals surface area contributed by atoms with Crippen LogP contribution in [-0.2, 0) is 6.42 Å². The van der Waals surface area contributed by atoms with E-state index in [1.807, 2.05) is 13.8 Å². The van der Waals surface area contributed by atoms with E-state index in [0.29, 0.717) is 18.5 Å². The summed E-state index contributed by atoms with van der Waals surface area (Å²) in [6.45, 7) is 4.30. The Kier molecular flexibility index (Phi) is 6.62. The fourth-order valence-corrected chi connectivity index (χ4v) is 2.17. The third-order valence-electron chi connectivity index (χ3n) is 3.86. The molecule has 25 heavy (non-hydrogen) atoms. The molecule has 5 nitrogen and oxygen atoms in total. The van der Waals surface area contributed by atoms with Crippen LogP contribution >= 0.6 is 0 Å². The molecule has 2 N–H and O–H groups in total. The molecule has 0 aliphatic rings. The molecule has 1 aromatic carbocycles. The Morgan fingerprint density at radius 2 is 1.88 bits per heavy atom. The monoisotopic (exact) mass is 343 g/mol. The largest absolute Gasteiger partial charge is 0.350 e. The van der Waals surface area contributed by atoms with E-state index in [-0.39, 0.29) is 29.4 Å². The van der Waals surface area contributed by atoms with Gasteiger partial charge in [0.05, 0.1) is 0 Å². The molecule has 0 bridgehead atoms. The number of amides is 2. The quantitative estimate of drug-likeness (QED) is 0.812. The van der Waals surface area contributed by atoms with Crippen molar-refractivity contribution < 1.29 is 14.0 Å². The molecule has 2 aromatic rings. The van der Waals surface area contributed by atoms with Gasteiger partial charge in [-0.3, -0.25) is 14.6 Å². The minimum absolute atomic E-state index is 0.0636. The van der Waals surface area contributed by atoms with E-state index < -0.39 is 0 Å². The van der Waals surface area contributed by atoms with Crippen LogP contribution in [-0.4, -0.2) is 29.4 Å². The van der Waals surface area contributed by atoms with Crippen molar-refractivity contribution in [3.8, 4) is 0 Å². The first-order valence-electron chi connectivity index (χ1n) is 8.29. The van der Waals surface area contributed by atoms with Gasteiger partial charge in [0.1, 0.15) is 11.5 Å². The zero-order chi connectivity index (χ0) is 18.2. The number of pyridine rings is 1. The molecular weight excluding hydrogens is 321 g/mol. The van der Waals surface area contributed by atoms with E-state index in [4.69, 9.17) is 0 Å². The van der Waals surface area contributed by atoms with Gasteiger partial charge in [-0.25, -0.2) is 4.39 Å². The van der Waals surface area contributed by atoms with Crippen LogP contribution in [0.25, 0.3) is 0 Å². The highest BCUT2D eigenvalue weighted by Crippen LogP contribution is 2.05. The smallest absolute Gasteiger partial charge is 0.269 e. The molecule has 1 heterocycles. The number of hydrogen-bond acceptors (Lipinski definition) is 3. The van der Waals surface area contributed by atoms with Crippen LogP contribution in [0, 0.1) is 5.82 Å². The summed E-state index contributed by atoms with van der Waals surface area (Å²) in [5.74, 6) is -0.859. The molecule has 1 aromatic heterocycles. The van der Waals surface area contributed by atoms with E-state index >= 15 is 0 Å². The molecule has 0 fully saturated rings. The highest BCUT2D eigenvalue weighted by molar-refractivity contribution is 5.98. The summed E-state index contributed by atoms with van der Waals surface area (Å²) in [7, 11) is 0. The van der Waals surface area contributed by atoms with E-state index in [0.717, 1.165) is 12.0 Å². The number of hydrogen-bond donors (Lipinski definition) is 2. The van der Waals surface area contributed by atoms with Crippen molar-refractivity contribution in [3.63, 3.8) is 0 Å². The van der Waals surface area contributed by atoms with Gasteiger partial charge in [0.2, 0.25) is 0 Å². The van der Waals surface area contributed by atoms with Gasteiger partial charge in [-0.1, -0.05) is 19.1 Å². The Morgan fingerprint density at radius 3 is 2.56 bits per heavy atom. The summed E-state index contributed by atoms with van der Waals surface area (Å²) >= 11 is 0. The standard InChI is InChI=1S/C19H22FN3O2/c1-3-13(2)23-18(24)15-9-11-21-17(12-15)19(25)22-10-8-14-4-6-16(20)7-5-14/h4-7,9,11-13H,3,8,10H2,1-2H3,(H,22,25)(H,23,24). The molecule has 0 saturated heterocycles. The molecule has 0 aliphatic heterocycles. The third kappa shape index (κ3) is 5.67. The average molecular weight is 343 g/mol. The molecule has 2 amide bonds. The molecule has 132 valence electrons. The fraction of sp³-hybridized carbons (Fsp3) is 0.316. The number of carbonyl (C=O) groups is 2. The number of benzene rings is 1. The molecule has 0 spiro atoms. The Hall–Kier alpha value is -2.76. The van der Waals surface area contributed by atoms with Crippen molar-refractivity contribution in [1.29, 1.82) is 0 Å². The summed E-state index contributed by atoms with van der Waals surface area (Å²) < 4.78 is 12.9. The number of rotatable bonds is 7. The van der Waals surface area contributed by atoms with Crippen LogP contribution in [0.1, 0.15) is 46.7 Å². The lowest BCUT2D eigenvalue weighted by molar-refractivity contribution is 0.0939. The number of nitrogens with zero attached hydrogens (tertiary/aromatic N) is 1. The van der Waals surface area contributed by atoms with Gasteiger partial charge in [-0.2, -0.15) is 0 Å². The number of aromatic nitrogens is 1. The van der Waals surface area contributed by atoms with Crippen molar-refractivity contribution in [2.45, 2.75) is 32.7 Å². The predicted molar refractivity (Wildman–Crippen MR) is 93.9 cm³/mol. The summed E-state index contributed by atoms with van der Waals surface area (Å²) in [6, 6.07) is 9.25. The zero-order valence-electron chi connectivity index (χ0n) is 14.4. The SMILES string of the molecule is CCC(C)NC(=O)c1ccnc(C(=O)NCCc2ccc(F)cc2)c1. The Balaban J connectivity index is 1.91. The van der Waals surface area contributed by atoms with Crippen molar-refractivity contribution in [2.75, 3.05) is 6.54 Å². The maximum atomic E-state index is 12.9. The maximum Gasteiger partial charge on any atom is 0.269 e. The lowest BCUT2D eigenvalue weighted by atomic mass is 10.1. The average Bonchev–Trinajstić information content (AvgIpc) is 2.63. The Labute approximate surface area is 146 Å². The summed E-state index contributed by atoms with van der Waals surface area (Å²) in [6.07, 6.45) is 2.86. The van der Waals surface area contributed by atoms with E-state index in [1.165, 1.54) is 24.4 Å². The second-order valence-corrected chi connectivity index (χ2v) is 5.84. The summed E-state index contributed by atoms with van der Waals surface area (Å²) in [5, 5.41) is 5.61. The first kappa shape index (κ1) is 18.6. The number of nitrogens with one attached hydrogen (secondary N) is 2. The zero-order valence-corrected chi connectivity index (χ0v) is 14.4. The van der Waals surface area contributed by atoms with Crippen molar-refractivity contribution >= 4 is 11.8 Å². The van der Waals surface area contributed by atoms with Crippen LogP contribution in [0.3, 0.4) is 0 Å². The first-order valence-corrected chi connectivity index (χ1v) is 8.29. The van der Waals surface area contributed by atoms with E-state index in [1.54, 1.807) is 18.2 Å². The van der Waals surface area contributed by atoms with Crippen molar-refractivity contribution in [2.24, 2.45) is 0 Å². The van der Waals surface area contributed by atoms with Gasteiger partial charge in [-0.15, -0.1) is 0 Å². The van der Waals surface area contributed by atoms with Crippen molar-refractivity contribution in [3.05, 3.63) is 65.2 Å². The predicted octanol–water partition coefficient (Wildman–Crippen LogP) is 2.72. The first-order chi connectivity index (χ1) is 12.0. The topological polar surface area (TPSA) is 71.1 Å². The van der Waals surface area contributed by atoms with Crippen LogP contribution in [0.15, 0.2) is 42.6 Å². The van der Waals surface area contributed by atoms with E-state index in [9.17, 15) is 14.0 Å². The maximum absolute atomic E-state index is 12.9. The van der Waals surface area contributed by atoms with Gasteiger partial charge < -0.3 is 10.6 Å². The lowest BCUT2D eigenvalue weighted by Crippen LogP contribution is -2.32. The second kappa shape index (κ2) is 8.92. The molecular formula is C19H22FN3O2. The molecule has 1 atom stereocenters. The minimum atomic E-state index is -0.347. The van der Waals surface area contributed by atoms with E-state index in [2.05, 4.69) is 15.6 Å². The Morgan fingerprint density at radius 1 is 1.16 bits per heavy atom. The highest BCUT2D eigenvalue weighted by atomic mass is 19.1. The molecule has 6 heteroatoms. The summed E-state index contributed by atoms with van der Waals surface area (Å²) in [4.78, 5) is 28.3. The van der Waals surface area contributed by atoms with Crippen LogP contribution in [0.4, 0.5) is 4.39 Å². The summed E-state index contributed by atoms with van der Waals surface area (Å²) in [5.41, 5.74) is 1.52. The van der Waals surface area contributed by atoms with Gasteiger partial charge in [0.25, 0.3) is 11.8 Å². The fourth-order valence-electron chi connectivity index (χ4n) is 2.17. The van der Waals surface area contributed by atoms with Gasteiger partial charge in [0.15, 0.2) is 0 Å². The van der Waals surface area contributed by atoms with Crippen LogP contribution < -0.4 is 10.6 Å². The second-order valence-electron chi connectivity index (χ2n) is 5.84. The highest BCUT2D eigenvalue weighted by Gasteiger charge is 2.13. The lowest BCUT2D eigenvalue weighted by Gasteiger charge is -2.11. The molecule has 0 aliphatic carbocycles. The molecule has 0 saturated carbocycles. The minimum Gasteiger partial charge on any atom is -0.350 e. The third-order valence-corrected chi connectivity index (χ3v) is 3.86. The van der Waals surface area contributed by atoms with Gasteiger partial charge in [0, 0.05) is 24.3 Å². The van der Waals surface area contributed by atoms with Crippen LogP contribution in [0.2, 0.25) is 0 Å². The number of halogens is 1.